The number of para-hydroxylation sites is 1. The predicted octanol–water partition coefficient (Wildman–Crippen LogP) is 4.23. The number of carboxylic acid groups (broad SMARTS) is 1. The number of rotatable bonds is 4. The highest BCUT2D eigenvalue weighted by molar-refractivity contribution is 7.92. The summed E-state index contributed by atoms with van der Waals surface area (Å²) in [4.78, 5) is 17.5. The summed E-state index contributed by atoms with van der Waals surface area (Å²) >= 11 is 1.36. The number of carboxylic acids is 1. The SMILES string of the molecule is O=C(O)CC1(c2ccc(-c3cnc4ccccc4c3)s2)CCCCS1(=O)=O. The smallest absolute Gasteiger partial charge is 0.305 e. The maximum atomic E-state index is 12.9. The standard InChI is InChI=1S/C20H19NO4S2/c22-19(23)12-20(9-3-4-10-27(20,24)25)18-8-7-17(26-18)15-11-14-5-1-2-6-16(14)21-13-15/h1-2,5-8,11,13H,3-4,9-10,12H2,(H,22,23). The van der Waals surface area contributed by atoms with Crippen molar-refractivity contribution in [1.82, 2.24) is 4.98 Å². The van der Waals surface area contributed by atoms with Crippen LogP contribution in [0.15, 0.2) is 48.7 Å². The van der Waals surface area contributed by atoms with Gasteiger partial charge in [0.1, 0.15) is 4.75 Å². The van der Waals surface area contributed by atoms with E-state index < -0.39 is 20.6 Å². The van der Waals surface area contributed by atoms with Crippen molar-refractivity contribution in [3.63, 3.8) is 0 Å². The second kappa shape index (κ2) is 6.73. The lowest BCUT2D eigenvalue weighted by atomic mass is 9.95. The number of hydrogen-bond acceptors (Lipinski definition) is 5. The van der Waals surface area contributed by atoms with Gasteiger partial charge in [-0.15, -0.1) is 11.3 Å². The van der Waals surface area contributed by atoms with Gasteiger partial charge in [-0.1, -0.05) is 24.6 Å². The van der Waals surface area contributed by atoms with Crippen LogP contribution in [0.1, 0.15) is 30.6 Å². The first-order chi connectivity index (χ1) is 12.9. The zero-order chi connectivity index (χ0) is 19.1. The van der Waals surface area contributed by atoms with Gasteiger partial charge in [0.2, 0.25) is 0 Å². The Bertz CT molecular complexity index is 1120. The molecule has 140 valence electrons. The van der Waals surface area contributed by atoms with Gasteiger partial charge in [-0.05, 0) is 37.1 Å². The number of aliphatic carboxylic acids is 1. The summed E-state index contributed by atoms with van der Waals surface area (Å²) in [5, 5.41) is 10.4. The molecule has 1 atom stereocenters. The van der Waals surface area contributed by atoms with Crippen LogP contribution in [0, 0.1) is 0 Å². The Kier molecular flexibility index (Phi) is 4.52. The van der Waals surface area contributed by atoms with Gasteiger partial charge in [0.25, 0.3) is 0 Å². The molecule has 0 aliphatic carbocycles. The second-order valence-electron chi connectivity index (χ2n) is 6.92. The lowest BCUT2D eigenvalue weighted by Crippen LogP contribution is -2.41. The Morgan fingerprint density at radius 2 is 2.00 bits per heavy atom. The lowest BCUT2D eigenvalue weighted by molar-refractivity contribution is -0.137. The summed E-state index contributed by atoms with van der Waals surface area (Å²) in [7, 11) is -3.52. The number of pyridine rings is 1. The van der Waals surface area contributed by atoms with E-state index in [1.54, 1.807) is 12.3 Å². The zero-order valence-electron chi connectivity index (χ0n) is 14.6. The van der Waals surface area contributed by atoms with E-state index in [9.17, 15) is 18.3 Å². The third-order valence-electron chi connectivity index (χ3n) is 5.21. The van der Waals surface area contributed by atoms with Crippen LogP contribution in [0.5, 0.6) is 0 Å². The van der Waals surface area contributed by atoms with E-state index in [0.29, 0.717) is 17.7 Å². The maximum Gasteiger partial charge on any atom is 0.305 e. The van der Waals surface area contributed by atoms with E-state index in [0.717, 1.165) is 27.8 Å². The van der Waals surface area contributed by atoms with Gasteiger partial charge in [0, 0.05) is 26.9 Å². The number of fused-ring (bicyclic) bond motifs is 1. The Morgan fingerprint density at radius 1 is 1.19 bits per heavy atom. The molecule has 0 spiro atoms. The van der Waals surface area contributed by atoms with Crippen LogP contribution in [0.25, 0.3) is 21.3 Å². The quantitative estimate of drug-likeness (QED) is 0.707. The molecule has 7 heteroatoms. The molecule has 1 unspecified atom stereocenters. The first kappa shape index (κ1) is 18.1. The monoisotopic (exact) mass is 401 g/mol. The van der Waals surface area contributed by atoms with Gasteiger partial charge >= 0.3 is 5.97 Å². The second-order valence-corrected chi connectivity index (χ2v) is 10.4. The highest BCUT2D eigenvalue weighted by Gasteiger charge is 2.49. The van der Waals surface area contributed by atoms with Crippen molar-refractivity contribution in [1.29, 1.82) is 0 Å². The molecule has 0 amide bonds. The molecule has 27 heavy (non-hydrogen) atoms. The molecule has 1 aromatic carbocycles. The zero-order valence-corrected chi connectivity index (χ0v) is 16.2. The molecule has 5 nitrogen and oxygen atoms in total. The molecule has 1 N–H and O–H groups in total. The highest BCUT2D eigenvalue weighted by Crippen LogP contribution is 2.47. The Labute approximate surface area is 161 Å². The van der Waals surface area contributed by atoms with Crippen LogP contribution in [0.4, 0.5) is 0 Å². The molecular formula is C20H19NO4S2. The molecule has 1 aliphatic heterocycles. The minimum Gasteiger partial charge on any atom is -0.481 e. The first-order valence-electron chi connectivity index (χ1n) is 8.81. The van der Waals surface area contributed by atoms with Gasteiger partial charge < -0.3 is 5.11 Å². The summed E-state index contributed by atoms with van der Waals surface area (Å²) in [6.07, 6.45) is 3.06. The molecule has 1 aliphatic rings. The number of thiophene rings is 1. The van der Waals surface area contributed by atoms with E-state index in [1.807, 2.05) is 36.4 Å². The number of aromatic nitrogens is 1. The van der Waals surface area contributed by atoms with E-state index in [4.69, 9.17) is 0 Å². The van der Waals surface area contributed by atoms with Gasteiger partial charge in [-0.2, -0.15) is 0 Å². The van der Waals surface area contributed by atoms with Crippen LogP contribution < -0.4 is 0 Å². The van der Waals surface area contributed by atoms with Crippen LogP contribution >= 0.6 is 11.3 Å². The molecule has 3 heterocycles. The molecule has 1 fully saturated rings. The van der Waals surface area contributed by atoms with Crippen molar-refractivity contribution in [3.05, 3.63) is 53.5 Å². The van der Waals surface area contributed by atoms with E-state index in [2.05, 4.69) is 4.98 Å². The first-order valence-corrected chi connectivity index (χ1v) is 11.3. The van der Waals surface area contributed by atoms with Crippen molar-refractivity contribution in [3.8, 4) is 10.4 Å². The van der Waals surface area contributed by atoms with Crippen molar-refractivity contribution >= 4 is 38.0 Å². The molecular weight excluding hydrogens is 382 g/mol. The van der Waals surface area contributed by atoms with Gasteiger partial charge in [-0.3, -0.25) is 9.78 Å². The summed E-state index contributed by atoms with van der Waals surface area (Å²) in [5.74, 6) is -1.03. The topological polar surface area (TPSA) is 84.3 Å². The number of benzene rings is 1. The highest BCUT2D eigenvalue weighted by atomic mass is 32.2. The third-order valence-corrected chi connectivity index (χ3v) is 9.26. The van der Waals surface area contributed by atoms with Crippen LogP contribution in [0.3, 0.4) is 0 Å². The van der Waals surface area contributed by atoms with Crippen molar-refractivity contribution in [2.45, 2.75) is 30.4 Å². The summed E-state index contributed by atoms with van der Waals surface area (Å²) in [5.41, 5.74) is 1.80. The number of carbonyl (C=O) groups is 1. The predicted molar refractivity (Wildman–Crippen MR) is 107 cm³/mol. The molecule has 1 saturated heterocycles. The molecule has 3 aromatic rings. The summed E-state index contributed by atoms with van der Waals surface area (Å²) in [6, 6.07) is 13.5. The van der Waals surface area contributed by atoms with E-state index in [-0.39, 0.29) is 12.2 Å². The Balaban J connectivity index is 1.80. The van der Waals surface area contributed by atoms with Gasteiger partial charge in [-0.25, -0.2) is 8.42 Å². The maximum absolute atomic E-state index is 12.9. The average Bonchev–Trinajstić information content (AvgIpc) is 3.13. The normalized spacial score (nSPS) is 21.9. The molecule has 0 bridgehead atoms. The van der Waals surface area contributed by atoms with Gasteiger partial charge in [0.05, 0.1) is 17.7 Å². The fraction of sp³-hybridized carbons (Fsp3) is 0.300. The van der Waals surface area contributed by atoms with Crippen LogP contribution in [-0.4, -0.2) is 30.2 Å². The Morgan fingerprint density at radius 3 is 2.78 bits per heavy atom. The van der Waals surface area contributed by atoms with E-state index >= 15 is 0 Å². The fourth-order valence-corrected chi connectivity index (χ4v) is 7.56. The number of hydrogen-bond donors (Lipinski definition) is 1. The summed E-state index contributed by atoms with van der Waals surface area (Å²) in [6.45, 7) is 0. The fourth-order valence-electron chi connectivity index (χ4n) is 3.80. The Hall–Kier alpha value is -2.25. The lowest BCUT2D eigenvalue weighted by Gasteiger charge is -2.34. The van der Waals surface area contributed by atoms with Crippen LogP contribution in [-0.2, 0) is 19.4 Å². The van der Waals surface area contributed by atoms with E-state index in [1.165, 1.54) is 11.3 Å². The molecule has 4 rings (SSSR count). The van der Waals surface area contributed by atoms with Gasteiger partial charge in [0.15, 0.2) is 9.84 Å². The van der Waals surface area contributed by atoms with Crippen molar-refractivity contribution in [2.75, 3.05) is 5.75 Å². The van der Waals surface area contributed by atoms with Crippen molar-refractivity contribution < 1.29 is 18.3 Å². The average molecular weight is 402 g/mol. The number of sulfone groups is 1. The third kappa shape index (κ3) is 3.15. The minimum atomic E-state index is -3.52. The summed E-state index contributed by atoms with van der Waals surface area (Å²) < 4.78 is 24.5. The minimum absolute atomic E-state index is 0.0467. The van der Waals surface area contributed by atoms with Crippen molar-refractivity contribution in [2.24, 2.45) is 0 Å². The molecule has 0 saturated carbocycles. The van der Waals surface area contributed by atoms with Crippen LogP contribution in [0.2, 0.25) is 0 Å². The largest absolute Gasteiger partial charge is 0.481 e. The molecule has 2 aromatic heterocycles. The number of nitrogens with zero attached hydrogens (tertiary/aromatic N) is 1. The molecule has 0 radical (unpaired) electrons.